The van der Waals surface area contributed by atoms with Gasteiger partial charge >= 0.3 is 5.97 Å². The number of fused-ring (bicyclic) bond motifs is 1. The van der Waals surface area contributed by atoms with E-state index in [1.807, 2.05) is 54.6 Å². The number of rotatable bonds is 9. The molecule has 3 aromatic rings. The third-order valence-electron chi connectivity index (χ3n) is 4.67. The van der Waals surface area contributed by atoms with Crippen LogP contribution in [0.1, 0.15) is 29.9 Å². The Morgan fingerprint density at radius 3 is 2.38 bits per heavy atom. The number of carboxylic acids is 1. The van der Waals surface area contributed by atoms with E-state index in [1.165, 1.54) is 18.3 Å². The van der Waals surface area contributed by atoms with Crippen LogP contribution in [0.3, 0.4) is 0 Å². The van der Waals surface area contributed by atoms with Crippen LogP contribution >= 0.6 is 11.3 Å². The van der Waals surface area contributed by atoms with Crippen molar-refractivity contribution >= 4 is 33.3 Å². The van der Waals surface area contributed by atoms with Gasteiger partial charge < -0.3 is 19.9 Å². The van der Waals surface area contributed by atoms with E-state index >= 15 is 0 Å². The zero-order valence-electron chi connectivity index (χ0n) is 16.3. The summed E-state index contributed by atoms with van der Waals surface area (Å²) in [5, 5.41) is 12.9. The second-order valence-corrected chi connectivity index (χ2v) is 7.76. The predicted octanol–water partition coefficient (Wildman–Crippen LogP) is 4.34. The van der Waals surface area contributed by atoms with E-state index < -0.39 is 17.4 Å². The fourth-order valence-corrected chi connectivity index (χ4v) is 3.78. The van der Waals surface area contributed by atoms with Gasteiger partial charge in [0.1, 0.15) is 29.4 Å². The summed E-state index contributed by atoms with van der Waals surface area (Å²) in [6.07, 6.45) is 0.264. The molecular formula is C22H23NO5S. The molecule has 0 saturated heterocycles. The molecular weight excluding hydrogens is 390 g/mol. The van der Waals surface area contributed by atoms with Gasteiger partial charge in [0.05, 0.1) is 0 Å². The SMILES string of the molecule is CCC(C)(NC(=O)c1sc2ccccc2c1OCCOc1ccccc1)C(=O)O. The summed E-state index contributed by atoms with van der Waals surface area (Å²) in [5.41, 5.74) is -1.35. The molecule has 1 atom stereocenters. The molecule has 3 rings (SSSR count). The van der Waals surface area contributed by atoms with Crippen LogP contribution in [-0.2, 0) is 4.79 Å². The predicted molar refractivity (Wildman–Crippen MR) is 113 cm³/mol. The molecule has 1 unspecified atom stereocenters. The number of hydrogen-bond donors (Lipinski definition) is 2. The van der Waals surface area contributed by atoms with Crippen LogP contribution in [0.15, 0.2) is 54.6 Å². The molecule has 1 heterocycles. The van der Waals surface area contributed by atoms with Crippen molar-refractivity contribution < 1.29 is 24.2 Å². The normalized spacial score (nSPS) is 12.9. The maximum absolute atomic E-state index is 12.9. The molecule has 0 aliphatic carbocycles. The van der Waals surface area contributed by atoms with E-state index in [2.05, 4.69) is 5.32 Å². The summed E-state index contributed by atoms with van der Waals surface area (Å²) in [5.74, 6) is -0.349. The number of carbonyl (C=O) groups is 2. The molecule has 2 aromatic carbocycles. The molecule has 2 N–H and O–H groups in total. The van der Waals surface area contributed by atoms with Gasteiger partial charge in [-0.3, -0.25) is 4.79 Å². The van der Waals surface area contributed by atoms with Crippen molar-refractivity contribution in [2.75, 3.05) is 13.2 Å². The minimum absolute atomic E-state index is 0.250. The first kappa shape index (κ1) is 20.7. The second-order valence-electron chi connectivity index (χ2n) is 6.71. The molecule has 0 saturated carbocycles. The molecule has 1 amide bonds. The number of benzene rings is 2. The van der Waals surface area contributed by atoms with Crippen molar-refractivity contribution in [2.45, 2.75) is 25.8 Å². The van der Waals surface area contributed by atoms with Gasteiger partial charge in [0.25, 0.3) is 5.91 Å². The van der Waals surface area contributed by atoms with Gasteiger partial charge in [-0.1, -0.05) is 37.3 Å². The van der Waals surface area contributed by atoms with Crippen LogP contribution in [0.5, 0.6) is 11.5 Å². The van der Waals surface area contributed by atoms with Crippen LogP contribution in [0, 0.1) is 0 Å². The number of carbonyl (C=O) groups excluding carboxylic acids is 1. The van der Waals surface area contributed by atoms with Crippen LogP contribution in [-0.4, -0.2) is 35.7 Å². The van der Waals surface area contributed by atoms with Crippen LogP contribution in [0.4, 0.5) is 0 Å². The average Bonchev–Trinajstić information content (AvgIpc) is 3.10. The van der Waals surface area contributed by atoms with Crippen LogP contribution in [0.25, 0.3) is 10.1 Å². The Bertz CT molecular complexity index is 1000. The quantitative estimate of drug-likeness (QED) is 0.510. The van der Waals surface area contributed by atoms with Gasteiger partial charge in [0.15, 0.2) is 5.75 Å². The molecule has 7 heteroatoms. The largest absolute Gasteiger partial charge is 0.490 e. The minimum atomic E-state index is -1.35. The van der Waals surface area contributed by atoms with E-state index in [-0.39, 0.29) is 13.0 Å². The lowest BCUT2D eigenvalue weighted by atomic mass is 9.99. The molecule has 0 bridgehead atoms. The first-order chi connectivity index (χ1) is 13.9. The van der Waals surface area contributed by atoms with Crippen LogP contribution in [0.2, 0.25) is 0 Å². The van der Waals surface area contributed by atoms with E-state index in [0.717, 1.165) is 15.8 Å². The minimum Gasteiger partial charge on any atom is -0.490 e. The lowest BCUT2D eigenvalue weighted by Gasteiger charge is -2.24. The highest BCUT2D eigenvalue weighted by molar-refractivity contribution is 7.21. The third kappa shape index (κ3) is 4.68. The average molecular weight is 413 g/mol. The zero-order chi connectivity index (χ0) is 20.9. The first-order valence-electron chi connectivity index (χ1n) is 9.32. The molecule has 0 fully saturated rings. The molecule has 0 aliphatic rings. The number of carboxylic acid groups (broad SMARTS) is 1. The lowest BCUT2D eigenvalue weighted by Crippen LogP contribution is -2.51. The highest BCUT2D eigenvalue weighted by Gasteiger charge is 2.34. The van der Waals surface area contributed by atoms with Gasteiger partial charge in [0, 0.05) is 10.1 Å². The summed E-state index contributed by atoms with van der Waals surface area (Å²) in [4.78, 5) is 24.8. The number of thiophene rings is 1. The summed E-state index contributed by atoms with van der Waals surface area (Å²) in [7, 11) is 0. The van der Waals surface area contributed by atoms with Crippen molar-refractivity contribution in [3.05, 3.63) is 59.5 Å². The first-order valence-corrected chi connectivity index (χ1v) is 10.1. The molecule has 6 nitrogen and oxygen atoms in total. The monoisotopic (exact) mass is 413 g/mol. The van der Waals surface area contributed by atoms with E-state index in [1.54, 1.807) is 6.92 Å². The number of nitrogens with one attached hydrogen (secondary N) is 1. The van der Waals surface area contributed by atoms with Crippen molar-refractivity contribution in [3.63, 3.8) is 0 Å². The molecule has 0 radical (unpaired) electrons. The van der Waals surface area contributed by atoms with Gasteiger partial charge in [0.2, 0.25) is 0 Å². The lowest BCUT2D eigenvalue weighted by molar-refractivity contribution is -0.143. The number of amides is 1. The smallest absolute Gasteiger partial charge is 0.329 e. The number of hydrogen-bond acceptors (Lipinski definition) is 5. The fourth-order valence-electron chi connectivity index (χ4n) is 2.73. The summed E-state index contributed by atoms with van der Waals surface area (Å²) in [6.45, 7) is 3.78. The fraction of sp³-hybridized carbons (Fsp3) is 0.273. The molecule has 152 valence electrons. The molecule has 1 aromatic heterocycles. The summed E-state index contributed by atoms with van der Waals surface area (Å²) in [6, 6.07) is 16.9. The van der Waals surface area contributed by atoms with E-state index in [0.29, 0.717) is 17.2 Å². The number of para-hydroxylation sites is 1. The Morgan fingerprint density at radius 2 is 1.69 bits per heavy atom. The Balaban J connectivity index is 1.78. The zero-order valence-corrected chi connectivity index (χ0v) is 17.1. The Labute approximate surface area is 173 Å². The van der Waals surface area contributed by atoms with Crippen molar-refractivity contribution in [3.8, 4) is 11.5 Å². The van der Waals surface area contributed by atoms with Crippen LogP contribution < -0.4 is 14.8 Å². The topological polar surface area (TPSA) is 84.9 Å². The molecule has 0 spiro atoms. The number of aliphatic carboxylic acids is 1. The summed E-state index contributed by atoms with van der Waals surface area (Å²) >= 11 is 1.28. The second kappa shape index (κ2) is 8.96. The summed E-state index contributed by atoms with van der Waals surface area (Å²) < 4.78 is 12.5. The molecule has 0 aliphatic heterocycles. The van der Waals surface area contributed by atoms with Crippen molar-refractivity contribution in [1.29, 1.82) is 0 Å². The number of ether oxygens (including phenoxy) is 2. The Hall–Kier alpha value is -3.06. The highest BCUT2D eigenvalue weighted by atomic mass is 32.1. The van der Waals surface area contributed by atoms with Gasteiger partial charge in [-0.15, -0.1) is 11.3 Å². The van der Waals surface area contributed by atoms with Gasteiger partial charge in [-0.05, 0) is 37.6 Å². The highest BCUT2D eigenvalue weighted by Crippen LogP contribution is 2.38. The van der Waals surface area contributed by atoms with E-state index in [9.17, 15) is 14.7 Å². The maximum atomic E-state index is 12.9. The van der Waals surface area contributed by atoms with Gasteiger partial charge in [-0.25, -0.2) is 4.79 Å². The molecule has 29 heavy (non-hydrogen) atoms. The standard InChI is InChI=1S/C22H23NO5S/c1-3-22(2,21(25)26)23-20(24)19-18(16-11-7-8-12-17(16)29-19)28-14-13-27-15-9-5-4-6-10-15/h4-12H,3,13-14H2,1-2H3,(H,23,24)(H,25,26). The van der Waals surface area contributed by atoms with Crippen molar-refractivity contribution in [1.82, 2.24) is 5.32 Å². The Kier molecular flexibility index (Phi) is 6.39. The Morgan fingerprint density at radius 1 is 1.03 bits per heavy atom. The maximum Gasteiger partial charge on any atom is 0.329 e. The van der Waals surface area contributed by atoms with E-state index in [4.69, 9.17) is 9.47 Å². The van der Waals surface area contributed by atoms with Gasteiger partial charge in [-0.2, -0.15) is 0 Å². The van der Waals surface area contributed by atoms with Crippen molar-refractivity contribution in [2.24, 2.45) is 0 Å². The third-order valence-corrected chi connectivity index (χ3v) is 5.82.